The Bertz CT molecular complexity index is 637. The summed E-state index contributed by atoms with van der Waals surface area (Å²) in [6.07, 6.45) is 3.12. The van der Waals surface area contributed by atoms with Crippen molar-refractivity contribution in [3.05, 3.63) is 41.5 Å². The molecule has 6 heteroatoms. The molecule has 2 rings (SSSR count). The van der Waals surface area contributed by atoms with Crippen LogP contribution in [0.2, 0.25) is 0 Å². The van der Waals surface area contributed by atoms with E-state index in [0.717, 1.165) is 11.3 Å². The predicted octanol–water partition coefficient (Wildman–Crippen LogP) is 2.38. The highest BCUT2D eigenvalue weighted by molar-refractivity contribution is 5.95. The van der Waals surface area contributed by atoms with E-state index < -0.39 is 5.97 Å². The number of nitrogen functional groups attached to an aromatic ring is 1. The predicted molar refractivity (Wildman–Crippen MR) is 80.2 cm³/mol. The molecule has 0 saturated carbocycles. The average Bonchev–Trinajstić information content (AvgIpc) is 2.85. The molecule has 2 aromatic rings. The smallest absolute Gasteiger partial charge is 0.340 e. The fourth-order valence-corrected chi connectivity index (χ4v) is 1.96. The first-order chi connectivity index (χ1) is 10.0. The fraction of sp³-hybridized carbons (Fsp3) is 0.333. The van der Waals surface area contributed by atoms with Crippen molar-refractivity contribution in [2.75, 3.05) is 24.3 Å². The highest BCUT2D eigenvalue weighted by atomic mass is 16.5. The Morgan fingerprint density at radius 2 is 2.29 bits per heavy atom. The third kappa shape index (κ3) is 3.34. The van der Waals surface area contributed by atoms with Crippen molar-refractivity contribution in [3.63, 3.8) is 0 Å². The van der Waals surface area contributed by atoms with Crippen LogP contribution in [-0.2, 0) is 11.3 Å². The normalized spacial score (nSPS) is 10.4. The van der Waals surface area contributed by atoms with E-state index in [2.05, 4.69) is 4.98 Å². The molecular weight excluding hydrogens is 270 g/mol. The number of furan rings is 1. The van der Waals surface area contributed by atoms with Gasteiger partial charge < -0.3 is 19.8 Å². The van der Waals surface area contributed by atoms with E-state index >= 15 is 0 Å². The van der Waals surface area contributed by atoms with Gasteiger partial charge in [0.2, 0.25) is 0 Å². The topological polar surface area (TPSA) is 81.6 Å². The molecule has 2 aromatic heterocycles. The summed E-state index contributed by atoms with van der Waals surface area (Å²) in [6.45, 7) is 4.59. The summed E-state index contributed by atoms with van der Waals surface area (Å²) in [6, 6.07) is 3.55. The largest absolute Gasteiger partial charge is 0.469 e. The summed E-state index contributed by atoms with van der Waals surface area (Å²) in [7, 11) is 1.89. The number of nitrogens with zero attached hydrogens (tertiary/aromatic N) is 2. The third-order valence-corrected chi connectivity index (χ3v) is 3.18. The summed E-state index contributed by atoms with van der Waals surface area (Å²) in [4.78, 5) is 18.0. The van der Waals surface area contributed by atoms with E-state index in [1.54, 1.807) is 19.3 Å². The Morgan fingerprint density at radius 1 is 1.52 bits per heavy atom. The molecule has 0 aliphatic heterocycles. The zero-order valence-corrected chi connectivity index (χ0v) is 12.4. The number of anilines is 2. The molecule has 0 radical (unpaired) electrons. The van der Waals surface area contributed by atoms with Crippen LogP contribution in [0, 0.1) is 6.92 Å². The maximum absolute atomic E-state index is 11.8. The molecule has 112 valence electrons. The second kappa shape index (κ2) is 6.30. The van der Waals surface area contributed by atoms with Gasteiger partial charge in [-0.2, -0.15) is 0 Å². The molecule has 6 nitrogen and oxygen atoms in total. The van der Waals surface area contributed by atoms with E-state index in [-0.39, 0.29) is 0 Å². The Balaban J connectivity index is 2.22. The number of ether oxygens (including phenoxy) is 1. The molecule has 2 N–H and O–H groups in total. The summed E-state index contributed by atoms with van der Waals surface area (Å²) in [5, 5.41) is 0. The number of rotatable bonds is 5. The van der Waals surface area contributed by atoms with Gasteiger partial charge in [0.15, 0.2) is 0 Å². The molecule has 0 fully saturated rings. The molecular formula is C15H19N3O3. The molecule has 0 unspecified atom stereocenters. The lowest BCUT2D eigenvalue weighted by Gasteiger charge is -2.18. The molecule has 21 heavy (non-hydrogen) atoms. The molecule has 0 aliphatic carbocycles. The van der Waals surface area contributed by atoms with Crippen LogP contribution in [0.3, 0.4) is 0 Å². The first-order valence-electron chi connectivity index (χ1n) is 6.69. The molecule has 0 aliphatic rings. The fourth-order valence-electron chi connectivity index (χ4n) is 1.96. The first-order valence-corrected chi connectivity index (χ1v) is 6.69. The quantitative estimate of drug-likeness (QED) is 0.851. The van der Waals surface area contributed by atoms with Crippen LogP contribution in [0.4, 0.5) is 11.5 Å². The monoisotopic (exact) mass is 289 g/mol. The van der Waals surface area contributed by atoms with Gasteiger partial charge >= 0.3 is 5.97 Å². The number of esters is 1. The maximum atomic E-state index is 11.8. The summed E-state index contributed by atoms with van der Waals surface area (Å²) >= 11 is 0. The van der Waals surface area contributed by atoms with E-state index in [4.69, 9.17) is 14.9 Å². The van der Waals surface area contributed by atoms with E-state index in [0.29, 0.717) is 30.2 Å². The number of hydrogen-bond acceptors (Lipinski definition) is 6. The first kappa shape index (κ1) is 14.9. The molecule has 0 spiro atoms. The zero-order valence-electron chi connectivity index (χ0n) is 12.4. The van der Waals surface area contributed by atoms with Crippen LogP contribution < -0.4 is 10.6 Å². The van der Waals surface area contributed by atoms with Gasteiger partial charge in [-0.3, -0.25) is 0 Å². The van der Waals surface area contributed by atoms with Gasteiger partial charge in [0.1, 0.15) is 11.6 Å². The highest BCUT2D eigenvalue weighted by Crippen LogP contribution is 2.21. The molecule has 0 bridgehead atoms. The Kier molecular flexibility index (Phi) is 4.47. The third-order valence-electron chi connectivity index (χ3n) is 3.18. The van der Waals surface area contributed by atoms with Crippen molar-refractivity contribution in [2.24, 2.45) is 0 Å². The van der Waals surface area contributed by atoms with E-state index in [1.807, 2.05) is 24.9 Å². The van der Waals surface area contributed by atoms with E-state index in [9.17, 15) is 4.79 Å². The number of pyridine rings is 1. The second-order valence-electron chi connectivity index (χ2n) is 4.71. The van der Waals surface area contributed by atoms with Gasteiger partial charge in [0.05, 0.1) is 30.3 Å². The second-order valence-corrected chi connectivity index (χ2v) is 4.71. The van der Waals surface area contributed by atoms with Crippen molar-refractivity contribution in [3.8, 4) is 0 Å². The van der Waals surface area contributed by atoms with Crippen molar-refractivity contribution in [2.45, 2.75) is 20.4 Å². The van der Waals surface area contributed by atoms with Crippen molar-refractivity contribution in [1.82, 2.24) is 4.98 Å². The van der Waals surface area contributed by atoms with Crippen molar-refractivity contribution < 1.29 is 13.9 Å². The van der Waals surface area contributed by atoms with Crippen molar-refractivity contribution in [1.29, 1.82) is 0 Å². The Hall–Kier alpha value is -2.50. The SMILES string of the molecule is CCOC(=O)c1cc(N(C)Cc2ccoc2C)ncc1N. The van der Waals surface area contributed by atoms with Gasteiger partial charge in [0.25, 0.3) is 0 Å². The molecule has 2 heterocycles. The minimum Gasteiger partial charge on any atom is -0.469 e. The summed E-state index contributed by atoms with van der Waals surface area (Å²) in [5.41, 5.74) is 7.49. The number of nitrogens with two attached hydrogens (primary N) is 1. The molecule has 0 saturated heterocycles. The van der Waals surface area contributed by atoms with Gasteiger partial charge in [-0.25, -0.2) is 9.78 Å². The van der Waals surface area contributed by atoms with Crippen LogP contribution in [-0.4, -0.2) is 24.6 Å². The number of aryl methyl sites for hydroxylation is 1. The average molecular weight is 289 g/mol. The van der Waals surface area contributed by atoms with Crippen LogP contribution in [0.15, 0.2) is 29.0 Å². The van der Waals surface area contributed by atoms with E-state index in [1.165, 1.54) is 6.20 Å². The Morgan fingerprint density at radius 3 is 2.90 bits per heavy atom. The lowest BCUT2D eigenvalue weighted by molar-refractivity contribution is 0.0527. The van der Waals surface area contributed by atoms with Crippen LogP contribution in [0.25, 0.3) is 0 Å². The lowest BCUT2D eigenvalue weighted by atomic mass is 10.2. The summed E-state index contributed by atoms with van der Waals surface area (Å²) in [5.74, 6) is 1.07. The lowest BCUT2D eigenvalue weighted by Crippen LogP contribution is -2.19. The molecule has 0 atom stereocenters. The number of carbonyl (C=O) groups is 1. The van der Waals surface area contributed by atoms with Gasteiger partial charge in [-0.1, -0.05) is 0 Å². The van der Waals surface area contributed by atoms with Crippen LogP contribution in [0.1, 0.15) is 28.6 Å². The minimum absolute atomic E-state index is 0.306. The maximum Gasteiger partial charge on any atom is 0.340 e. The van der Waals surface area contributed by atoms with Gasteiger partial charge in [-0.05, 0) is 26.0 Å². The number of carbonyl (C=O) groups excluding carboxylic acids is 1. The van der Waals surface area contributed by atoms with Crippen molar-refractivity contribution >= 4 is 17.5 Å². The van der Waals surface area contributed by atoms with Gasteiger partial charge in [-0.15, -0.1) is 0 Å². The minimum atomic E-state index is -0.438. The van der Waals surface area contributed by atoms with Gasteiger partial charge in [0, 0.05) is 19.2 Å². The number of hydrogen-bond donors (Lipinski definition) is 1. The van der Waals surface area contributed by atoms with Crippen LogP contribution in [0.5, 0.6) is 0 Å². The standard InChI is InChI=1S/C15H19N3O3/c1-4-20-15(19)12-7-14(17-8-13(12)16)18(3)9-11-5-6-21-10(11)2/h5-8H,4,9,16H2,1-3H3. The Labute approximate surface area is 123 Å². The summed E-state index contributed by atoms with van der Waals surface area (Å²) < 4.78 is 10.3. The zero-order chi connectivity index (χ0) is 15.4. The molecule has 0 amide bonds. The number of aromatic nitrogens is 1. The molecule has 0 aromatic carbocycles. The van der Waals surface area contributed by atoms with Crippen LogP contribution >= 0.6 is 0 Å². The highest BCUT2D eigenvalue weighted by Gasteiger charge is 2.15.